The van der Waals surface area contributed by atoms with E-state index in [0.717, 1.165) is 6.20 Å². The molecule has 0 unspecified atom stereocenters. The summed E-state index contributed by atoms with van der Waals surface area (Å²) in [6.07, 6.45) is 1.12. The second-order valence-electron chi connectivity index (χ2n) is 3.93. The van der Waals surface area contributed by atoms with Crippen molar-refractivity contribution in [2.75, 3.05) is 0 Å². The number of carboxylic acids is 1. The van der Waals surface area contributed by atoms with Crippen molar-refractivity contribution in [1.29, 1.82) is 0 Å². The zero-order valence-electron chi connectivity index (χ0n) is 10.6. The molecule has 8 nitrogen and oxygen atoms in total. The molecule has 2 rings (SSSR count). The summed E-state index contributed by atoms with van der Waals surface area (Å²) < 4.78 is 5.29. The lowest BCUT2D eigenvalue weighted by Gasteiger charge is -2.06. The number of hydrogen-bond acceptors (Lipinski definition) is 6. The molecule has 108 valence electrons. The molecule has 0 aliphatic carbocycles. The Bertz CT molecular complexity index is 673. The lowest BCUT2D eigenvalue weighted by atomic mass is 10.2. The van der Waals surface area contributed by atoms with Gasteiger partial charge in [0.2, 0.25) is 0 Å². The van der Waals surface area contributed by atoms with Gasteiger partial charge in [-0.05, 0) is 13.0 Å². The number of aromatic carboxylic acids is 1. The van der Waals surface area contributed by atoms with E-state index in [2.05, 4.69) is 9.97 Å². The fourth-order valence-corrected chi connectivity index (χ4v) is 1.75. The minimum atomic E-state index is -1.14. The minimum Gasteiger partial charge on any atom is -0.478 e. The van der Waals surface area contributed by atoms with E-state index in [1.165, 1.54) is 25.1 Å². The highest BCUT2D eigenvalue weighted by Gasteiger charge is 2.14. The van der Waals surface area contributed by atoms with Crippen molar-refractivity contribution in [1.82, 2.24) is 9.97 Å². The van der Waals surface area contributed by atoms with E-state index in [-0.39, 0.29) is 33.7 Å². The molecule has 0 bridgehead atoms. The average Bonchev–Trinajstić information content (AvgIpc) is 2.37. The largest absolute Gasteiger partial charge is 0.478 e. The SMILES string of the molecule is Cc1nc(Oc2ccc([N+](=O)[O-])c(Cl)c2)ncc1C(=O)O. The van der Waals surface area contributed by atoms with Crippen molar-refractivity contribution in [2.24, 2.45) is 0 Å². The third-order valence-electron chi connectivity index (χ3n) is 2.51. The van der Waals surface area contributed by atoms with Gasteiger partial charge in [-0.2, -0.15) is 4.98 Å². The summed E-state index contributed by atoms with van der Waals surface area (Å²) in [5.74, 6) is -0.939. The van der Waals surface area contributed by atoms with Crippen LogP contribution >= 0.6 is 11.6 Å². The van der Waals surface area contributed by atoms with Crippen LogP contribution in [0, 0.1) is 17.0 Å². The van der Waals surface area contributed by atoms with Gasteiger partial charge in [0, 0.05) is 18.3 Å². The number of rotatable bonds is 4. The highest BCUT2D eigenvalue weighted by molar-refractivity contribution is 6.32. The summed E-state index contributed by atoms with van der Waals surface area (Å²) in [5, 5.41) is 19.4. The molecule has 0 saturated heterocycles. The van der Waals surface area contributed by atoms with Crippen LogP contribution in [-0.4, -0.2) is 26.0 Å². The second-order valence-corrected chi connectivity index (χ2v) is 4.34. The van der Waals surface area contributed by atoms with Crippen molar-refractivity contribution in [3.05, 3.63) is 50.8 Å². The van der Waals surface area contributed by atoms with Crippen molar-refractivity contribution < 1.29 is 19.6 Å². The molecule has 0 amide bonds. The minimum absolute atomic E-state index is 0.0379. The number of nitro groups is 1. The number of benzene rings is 1. The van der Waals surface area contributed by atoms with Gasteiger partial charge >= 0.3 is 12.0 Å². The van der Waals surface area contributed by atoms with Gasteiger partial charge in [0.25, 0.3) is 5.69 Å². The van der Waals surface area contributed by atoms with Crippen LogP contribution in [0.15, 0.2) is 24.4 Å². The number of nitrogens with zero attached hydrogens (tertiary/aromatic N) is 3. The first-order valence-electron chi connectivity index (χ1n) is 5.57. The molecule has 1 N–H and O–H groups in total. The summed E-state index contributed by atoms with van der Waals surface area (Å²) in [4.78, 5) is 28.5. The number of ether oxygens (including phenoxy) is 1. The Hall–Kier alpha value is -2.74. The zero-order chi connectivity index (χ0) is 15.6. The number of aromatic nitrogens is 2. The Morgan fingerprint density at radius 1 is 1.48 bits per heavy atom. The summed E-state index contributed by atoms with van der Waals surface area (Å²) in [6.45, 7) is 1.50. The third kappa shape index (κ3) is 3.23. The first-order chi connectivity index (χ1) is 9.88. The van der Waals surface area contributed by atoms with E-state index in [1.54, 1.807) is 0 Å². The van der Waals surface area contributed by atoms with Crippen molar-refractivity contribution in [2.45, 2.75) is 6.92 Å². The first-order valence-corrected chi connectivity index (χ1v) is 5.95. The molecule has 0 radical (unpaired) electrons. The molecule has 0 atom stereocenters. The molecule has 1 aromatic carbocycles. The van der Waals surface area contributed by atoms with Crippen LogP contribution in [0.25, 0.3) is 0 Å². The van der Waals surface area contributed by atoms with Gasteiger partial charge in [-0.1, -0.05) is 11.6 Å². The zero-order valence-corrected chi connectivity index (χ0v) is 11.4. The molecule has 9 heteroatoms. The average molecular weight is 310 g/mol. The van der Waals surface area contributed by atoms with Crippen molar-refractivity contribution in [3.8, 4) is 11.8 Å². The predicted molar refractivity (Wildman–Crippen MR) is 71.9 cm³/mol. The van der Waals surface area contributed by atoms with Gasteiger partial charge in [-0.25, -0.2) is 9.78 Å². The van der Waals surface area contributed by atoms with Gasteiger partial charge < -0.3 is 9.84 Å². The molecule has 2 aromatic rings. The number of nitro benzene ring substituents is 1. The lowest BCUT2D eigenvalue weighted by molar-refractivity contribution is -0.384. The monoisotopic (exact) mass is 309 g/mol. The quantitative estimate of drug-likeness (QED) is 0.681. The Morgan fingerprint density at radius 2 is 2.19 bits per heavy atom. The van der Waals surface area contributed by atoms with Crippen LogP contribution in [0.3, 0.4) is 0 Å². The van der Waals surface area contributed by atoms with Crippen molar-refractivity contribution >= 4 is 23.3 Å². The van der Waals surface area contributed by atoms with Gasteiger partial charge in [-0.15, -0.1) is 0 Å². The number of halogens is 1. The summed E-state index contributed by atoms with van der Waals surface area (Å²) in [5.41, 5.74) is -0.0491. The fourth-order valence-electron chi connectivity index (χ4n) is 1.51. The van der Waals surface area contributed by atoms with Crippen LogP contribution in [0.1, 0.15) is 16.1 Å². The topological polar surface area (TPSA) is 115 Å². The van der Waals surface area contributed by atoms with Gasteiger partial charge in [0.15, 0.2) is 0 Å². The first kappa shape index (κ1) is 14.7. The molecular formula is C12H8ClN3O5. The van der Waals surface area contributed by atoms with Gasteiger partial charge in [0.1, 0.15) is 10.8 Å². The second kappa shape index (κ2) is 5.71. The number of aryl methyl sites for hydroxylation is 1. The number of carboxylic acid groups (broad SMARTS) is 1. The molecule has 0 saturated carbocycles. The maximum Gasteiger partial charge on any atom is 0.339 e. The van der Waals surface area contributed by atoms with Crippen molar-refractivity contribution in [3.63, 3.8) is 0 Å². The fraction of sp³-hybridized carbons (Fsp3) is 0.0833. The lowest BCUT2D eigenvalue weighted by Crippen LogP contribution is -2.04. The molecule has 0 aliphatic heterocycles. The maximum atomic E-state index is 10.8. The van der Waals surface area contributed by atoms with Crippen LogP contribution in [0.5, 0.6) is 11.8 Å². The molecule has 0 fully saturated rings. The van der Waals surface area contributed by atoms with E-state index >= 15 is 0 Å². The van der Waals surface area contributed by atoms with Crippen LogP contribution in [0.4, 0.5) is 5.69 Å². The molecule has 0 aliphatic rings. The molecule has 1 heterocycles. The summed E-state index contributed by atoms with van der Waals surface area (Å²) in [7, 11) is 0. The maximum absolute atomic E-state index is 10.8. The highest BCUT2D eigenvalue weighted by atomic mass is 35.5. The Balaban J connectivity index is 2.26. The van der Waals surface area contributed by atoms with E-state index in [0.29, 0.717) is 0 Å². The normalized spacial score (nSPS) is 10.2. The predicted octanol–water partition coefficient (Wildman–Crippen LogP) is 2.84. The number of hydrogen-bond donors (Lipinski definition) is 1. The molecule has 1 aromatic heterocycles. The van der Waals surface area contributed by atoms with Crippen LogP contribution < -0.4 is 4.74 Å². The van der Waals surface area contributed by atoms with Crippen LogP contribution in [-0.2, 0) is 0 Å². The summed E-state index contributed by atoms with van der Waals surface area (Å²) in [6, 6.07) is 3.70. The van der Waals surface area contributed by atoms with E-state index < -0.39 is 10.9 Å². The van der Waals surface area contributed by atoms with Gasteiger partial charge in [-0.3, -0.25) is 10.1 Å². The standard InChI is InChI=1S/C12H8ClN3O5/c1-6-8(11(17)18)5-14-12(15-6)21-7-2-3-10(16(19)20)9(13)4-7/h2-5H,1H3,(H,17,18). The van der Waals surface area contributed by atoms with E-state index in [9.17, 15) is 14.9 Å². The number of carbonyl (C=O) groups is 1. The Labute approximate surface area is 123 Å². The Kier molecular flexibility index (Phi) is 3.99. The molecular weight excluding hydrogens is 302 g/mol. The smallest absolute Gasteiger partial charge is 0.339 e. The third-order valence-corrected chi connectivity index (χ3v) is 2.82. The van der Waals surface area contributed by atoms with E-state index in [4.69, 9.17) is 21.4 Å². The van der Waals surface area contributed by atoms with Gasteiger partial charge in [0.05, 0.1) is 16.2 Å². The molecule has 0 spiro atoms. The summed E-state index contributed by atoms with van der Waals surface area (Å²) >= 11 is 5.75. The molecule has 21 heavy (non-hydrogen) atoms. The Morgan fingerprint density at radius 3 is 2.71 bits per heavy atom. The van der Waals surface area contributed by atoms with E-state index in [1.807, 2.05) is 0 Å². The highest BCUT2D eigenvalue weighted by Crippen LogP contribution is 2.30. The van der Waals surface area contributed by atoms with Crippen LogP contribution in [0.2, 0.25) is 5.02 Å².